The number of fused-ring (bicyclic) bond motifs is 2. The maximum atomic E-state index is 13.0. The second-order valence-electron chi connectivity index (χ2n) is 9.68. The molecule has 2 bridgehead atoms. The average molecular weight is 412 g/mol. The average Bonchev–Trinajstić information content (AvgIpc) is 3.19. The maximum absolute atomic E-state index is 13.0. The molecule has 1 aromatic carbocycles. The number of rotatable bonds is 5. The molecule has 4 aliphatic heterocycles. The quantitative estimate of drug-likeness (QED) is 0.610. The van der Waals surface area contributed by atoms with Crippen molar-refractivity contribution in [1.82, 2.24) is 15.5 Å². The lowest BCUT2D eigenvalue weighted by Gasteiger charge is -2.47. The summed E-state index contributed by atoms with van der Waals surface area (Å²) in [5.74, 6) is -0.804. The van der Waals surface area contributed by atoms with Crippen molar-refractivity contribution in [1.29, 1.82) is 0 Å². The van der Waals surface area contributed by atoms with E-state index in [1.54, 1.807) is 4.90 Å². The zero-order valence-electron chi connectivity index (χ0n) is 17.4. The molecule has 30 heavy (non-hydrogen) atoms. The van der Waals surface area contributed by atoms with E-state index in [1.807, 2.05) is 18.2 Å². The van der Waals surface area contributed by atoms with Gasteiger partial charge in [0.05, 0.1) is 16.7 Å². The van der Waals surface area contributed by atoms with E-state index in [0.717, 1.165) is 24.0 Å². The third kappa shape index (κ3) is 2.74. The Kier molecular flexibility index (Phi) is 4.16. The number of carbonyl (C=O) groups is 3. The first kappa shape index (κ1) is 19.7. The third-order valence-corrected chi connectivity index (χ3v) is 7.47. The lowest BCUT2D eigenvalue weighted by Crippen LogP contribution is -2.64. The Morgan fingerprint density at radius 1 is 1.27 bits per heavy atom. The van der Waals surface area contributed by atoms with Gasteiger partial charge >= 0.3 is 0 Å². The molecule has 0 spiro atoms. The Labute approximate surface area is 175 Å². The molecule has 0 aromatic heterocycles. The number of benzene rings is 1. The highest BCUT2D eigenvalue weighted by Gasteiger charge is 2.70. The van der Waals surface area contributed by atoms with Crippen LogP contribution in [0.25, 0.3) is 0 Å². The monoisotopic (exact) mass is 412 g/mol. The van der Waals surface area contributed by atoms with Gasteiger partial charge in [-0.1, -0.05) is 12.1 Å². The summed E-state index contributed by atoms with van der Waals surface area (Å²) in [5.41, 5.74) is 7.91. The zero-order chi connectivity index (χ0) is 21.3. The minimum Gasteiger partial charge on any atom is -0.366 e. The van der Waals surface area contributed by atoms with Crippen molar-refractivity contribution in [3.63, 3.8) is 0 Å². The Morgan fingerprint density at radius 3 is 2.70 bits per heavy atom. The number of nitrogens with one attached hydrogen (secondary N) is 2. The number of nitrogens with two attached hydrogens (primary N) is 1. The van der Waals surface area contributed by atoms with E-state index < -0.39 is 6.04 Å². The summed E-state index contributed by atoms with van der Waals surface area (Å²) in [4.78, 5) is 38.2. The lowest BCUT2D eigenvalue weighted by atomic mass is 9.62. The van der Waals surface area contributed by atoms with Crippen LogP contribution in [0.5, 0.6) is 0 Å². The Balaban J connectivity index is 1.29. The summed E-state index contributed by atoms with van der Waals surface area (Å²) < 4.78 is 6.23. The topological polar surface area (TPSA) is 114 Å². The van der Waals surface area contributed by atoms with Crippen LogP contribution in [-0.2, 0) is 27.4 Å². The molecule has 160 valence electrons. The van der Waals surface area contributed by atoms with Gasteiger partial charge < -0.3 is 20.7 Å². The number of amides is 3. The summed E-state index contributed by atoms with van der Waals surface area (Å²) in [7, 11) is 0. The van der Waals surface area contributed by atoms with Gasteiger partial charge in [0, 0.05) is 31.6 Å². The summed E-state index contributed by atoms with van der Waals surface area (Å²) in [6, 6.07) is 5.33. The highest BCUT2D eigenvalue weighted by Crippen LogP contribution is 2.60. The molecule has 1 saturated carbocycles. The summed E-state index contributed by atoms with van der Waals surface area (Å²) in [6.07, 6.45) is 2.43. The number of hydrogen-bond donors (Lipinski definition) is 3. The van der Waals surface area contributed by atoms with Gasteiger partial charge in [0.1, 0.15) is 6.04 Å². The molecule has 6 rings (SSSR count). The van der Waals surface area contributed by atoms with E-state index in [9.17, 15) is 14.4 Å². The molecule has 0 radical (unpaired) electrons. The number of ether oxygens (including phenoxy) is 1. The van der Waals surface area contributed by atoms with Crippen LogP contribution in [-0.4, -0.2) is 51.9 Å². The third-order valence-electron chi connectivity index (χ3n) is 7.47. The predicted octanol–water partition coefficient (Wildman–Crippen LogP) is 0.576. The molecule has 3 saturated heterocycles. The first-order valence-corrected chi connectivity index (χ1v) is 10.6. The fourth-order valence-electron chi connectivity index (χ4n) is 5.69. The summed E-state index contributed by atoms with van der Waals surface area (Å²) in [6.45, 7) is 5.77. The number of hydrogen-bond acceptors (Lipinski definition) is 6. The molecule has 4 N–H and O–H groups in total. The van der Waals surface area contributed by atoms with Crippen LogP contribution in [0.2, 0.25) is 0 Å². The van der Waals surface area contributed by atoms with E-state index in [2.05, 4.69) is 24.5 Å². The van der Waals surface area contributed by atoms with Crippen molar-refractivity contribution in [3.8, 4) is 0 Å². The lowest BCUT2D eigenvalue weighted by molar-refractivity contribution is -0.136. The standard InChI is InChI=1S/C22H28N4O4/c1-20(2)22(10-21(11-22,12-23)30-20)24-8-13-3-4-14-9-26(19(29)15(14)7-13)16-5-6-17(27)25-18(16)28/h3-4,7,16,24H,5-6,8-12,23H2,1-2H3,(H,25,27,28). The molecule has 8 nitrogen and oxygen atoms in total. The van der Waals surface area contributed by atoms with Crippen LogP contribution >= 0.6 is 0 Å². The normalized spacial score (nSPS) is 34.0. The van der Waals surface area contributed by atoms with Gasteiger partial charge in [-0.15, -0.1) is 0 Å². The van der Waals surface area contributed by atoms with Crippen LogP contribution in [0.3, 0.4) is 0 Å². The highest BCUT2D eigenvalue weighted by molar-refractivity contribution is 6.05. The van der Waals surface area contributed by atoms with Crippen LogP contribution in [0.4, 0.5) is 0 Å². The number of imide groups is 1. The van der Waals surface area contributed by atoms with E-state index in [0.29, 0.717) is 31.6 Å². The first-order valence-electron chi connectivity index (χ1n) is 10.6. The van der Waals surface area contributed by atoms with Crippen molar-refractivity contribution in [2.24, 2.45) is 5.73 Å². The minimum atomic E-state index is -0.584. The first-order chi connectivity index (χ1) is 14.2. The van der Waals surface area contributed by atoms with E-state index in [-0.39, 0.29) is 40.9 Å². The molecule has 4 heterocycles. The SMILES string of the molecule is CC1(C)OC2(CN)CC1(NCc1ccc3c(c1)C(=O)N(C1CCC(=O)NC1=O)C3)C2. The van der Waals surface area contributed by atoms with Gasteiger partial charge in [-0.05, 0) is 50.3 Å². The molecular weight excluding hydrogens is 384 g/mol. The molecule has 1 atom stereocenters. The Hall–Kier alpha value is -2.29. The van der Waals surface area contributed by atoms with Crippen LogP contribution < -0.4 is 16.4 Å². The predicted molar refractivity (Wildman–Crippen MR) is 108 cm³/mol. The van der Waals surface area contributed by atoms with E-state index >= 15 is 0 Å². The van der Waals surface area contributed by atoms with Crippen molar-refractivity contribution >= 4 is 17.7 Å². The maximum Gasteiger partial charge on any atom is 0.255 e. The summed E-state index contributed by atoms with van der Waals surface area (Å²) in [5, 5.41) is 6.01. The minimum absolute atomic E-state index is 0.103. The van der Waals surface area contributed by atoms with Gasteiger partial charge in [0.25, 0.3) is 5.91 Å². The van der Waals surface area contributed by atoms with Crippen molar-refractivity contribution < 1.29 is 19.1 Å². The molecule has 1 aromatic rings. The van der Waals surface area contributed by atoms with Gasteiger partial charge in [0.2, 0.25) is 11.8 Å². The van der Waals surface area contributed by atoms with Crippen LogP contribution in [0, 0.1) is 0 Å². The zero-order valence-corrected chi connectivity index (χ0v) is 17.4. The number of piperidine rings is 1. The second kappa shape index (κ2) is 6.35. The Bertz CT molecular complexity index is 950. The molecule has 4 fully saturated rings. The molecule has 1 unspecified atom stereocenters. The highest BCUT2D eigenvalue weighted by atomic mass is 16.5. The fraction of sp³-hybridized carbons (Fsp3) is 0.591. The smallest absolute Gasteiger partial charge is 0.255 e. The second-order valence-corrected chi connectivity index (χ2v) is 9.68. The molecule has 8 heteroatoms. The Morgan fingerprint density at radius 2 is 2.03 bits per heavy atom. The molecule has 1 aliphatic carbocycles. The van der Waals surface area contributed by atoms with Gasteiger partial charge in [0.15, 0.2) is 0 Å². The van der Waals surface area contributed by atoms with Crippen molar-refractivity contribution in [2.45, 2.75) is 75.4 Å². The molecular formula is C22H28N4O4. The van der Waals surface area contributed by atoms with Crippen LogP contribution in [0.1, 0.15) is 61.0 Å². The summed E-state index contributed by atoms with van der Waals surface area (Å²) >= 11 is 0. The van der Waals surface area contributed by atoms with Crippen LogP contribution in [0.15, 0.2) is 18.2 Å². The van der Waals surface area contributed by atoms with E-state index in [4.69, 9.17) is 10.5 Å². The van der Waals surface area contributed by atoms with Crippen molar-refractivity contribution in [2.75, 3.05) is 6.54 Å². The number of nitrogens with zero attached hydrogens (tertiary/aromatic N) is 1. The van der Waals surface area contributed by atoms with Gasteiger partial charge in [-0.2, -0.15) is 0 Å². The molecule has 5 aliphatic rings. The number of carbonyl (C=O) groups excluding carboxylic acids is 3. The van der Waals surface area contributed by atoms with Gasteiger partial charge in [-0.25, -0.2) is 0 Å². The van der Waals surface area contributed by atoms with Crippen molar-refractivity contribution in [3.05, 3.63) is 34.9 Å². The van der Waals surface area contributed by atoms with E-state index in [1.165, 1.54) is 0 Å². The largest absolute Gasteiger partial charge is 0.366 e. The molecule has 3 amide bonds. The fourth-order valence-corrected chi connectivity index (χ4v) is 5.69. The van der Waals surface area contributed by atoms with Gasteiger partial charge in [-0.3, -0.25) is 19.7 Å².